The van der Waals surface area contributed by atoms with Crippen LogP contribution in [0.2, 0.25) is 0 Å². The number of hydrogen-bond donors (Lipinski definition) is 0. The molecule has 24 heavy (non-hydrogen) atoms. The van der Waals surface area contributed by atoms with Gasteiger partial charge in [0.1, 0.15) is 6.04 Å². The Morgan fingerprint density at radius 1 is 1.33 bits per heavy atom. The van der Waals surface area contributed by atoms with Crippen LogP contribution in [0.1, 0.15) is 22.6 Å². The minimum atomic E-state index is 0.0136. The lowest BCUT2D eigenvalue weighted by Crippen LogP contribution is -2.40. The SMILES string of the molecule is Cc1nc(CCN2CCOCC2c2nc(-c3cccs3)no2)cs1. The van der Waals surface area contributed by atoms with Gasteiger partial charge < -0.3 is 9.26 Å². The Morgan fingerprint density at radius 3 is 3.08 bits per heavy atom. The first kappa shape index (κ1) is 15.9. The molecular formula is C16H18N4O2S2. The summed E-state index contributed by atoms with van der Waals surface area (Å²) >= 11 is 3.31. The van der Waals surface area contributed by atoms with E-state index in [9.17, 15) is 0 Å². The lowest BCUT2D eigenvalue weighted by atomic mass is 10.2. The molecule has 0 aromatic carbocycles. The highest BCUT2D eigenvalue weighted by molar-refractivity contribution is 7.13. The molecule has 6 nitrogen and oxygen atoms in total. The van der Waals surface area contributed by atoms with Gasteiger partial charge in [0.2, 0.25) is 11.7 Å². The molecule has 1 aliphatic heterocycles. The van der Waals surface area contributed by atoms with Crippen molar-refractivity contribution in [3.63, 3.8) is 0 Å². The zero-order valence-electron chi connectivity index (χ0n) is 13.3. The van der Waals surface area contributed by atoms with Crippen LogP contribution in [-0.4, -0.2) is 46.3 Å². The quantitative estimate of drug-likeness (QED) is 0.695. The molecule has 1 saturated heterocycles. The monoisotopic (exact) mass is 362 g/mol. The number of ether oxygens (including phenoxy) is 1. The summed E-state index contributed by atoms with van der Waals surface area (Å²) in [4.78, 5) is 12.5. The highest BCUT2D eigenvalue weighted by Crippen LogP contribution is 2.27. The van der Waals surface area contributed by atoms with Crippen LogP contribution in [0.4, 0.5) is 0 Å². The summed E-state index contributed by atoms with van der Waals surface area (Å²) in [6.07, 6.45) is 0.923. The topological polar surface area (TPSA) is 64.3 Å². The molecule has 3 aromatic rings. The summed E-state index contributed by atoms with van der Waals surface area (Å²) in [5, 5.41) is 9.38. The van der Waals surface area contributed by atoms with E-state index in [0.29, 0.717) is 18.3 Å². The van der Waals surface area contributed by atoms with Crippen molar-refractivity contribution in [3.05, 3.63) is 39.5 Å². The molecule has 0 amide bonds. The third-order valence-electron chi connectivity index (χ3n) is 4.03. The molecule has 0 saturated carbocycles. The van der Waals surface area contributed by atoms with Crippen LogP contribution in [0.3, 0.4) is 0 Å². The largest absolute Gasteiger partial charge is 0.378 e. The second-order valence-electron chi connectivity index (χ2n) is 5.67. The van der Waals surface area contributed by atoms with Gasteiger partial charge in [-0.25, -0.2) is 4.98 Å². The number of hydrogen-bond acceptors (Lipinski definition) is 8. The Hall–Kier alpha value is -1.61. The highest BCUT2D eigenvalue weighted by atomic mass is 32.1. The maximum Gasteiger partial charge on any atom is 0.246 e. The molecule has 1 unspecified atom stereocenters. The second kappa shape index (κ2) is 7.10. The maximum absolute atomic E-state index is 5.64. The Bertz CT molecular complexity index is 784. The second-order valence-corrected chi connectivity index (χ2v) is 7.68. The molecule has 1 fully saturated rings. The van der Waals surface area contributed by atoms with Crippen LogP contribution in [0.25, 0.3) is 10.7 Å². The average molecular weight is 362 g/mol. The van der Waals surface area contributed by atoms with E-state index in [0.717, 1.165) is 41.7 Å². The van der Waals surface area contributed by atoms with Crippen molar-refractivity contribution in [2.45, 2.75) is 19.4 Å². The van der Waals surface area contributed by atoms with Crippen molar-refractivity contribution in [1.82, 2.24) is 20.0 Å². The van der Waals surface area contributed by atoms with Gasteiger partial charge >= 0.3 is 0 Å². The van der Waals surface area contributed by atoms with Crippen molar-refractivity contribution >= 4 is 22.7 Å². The van der Waals surface area contributed by atoms with E-state index >= 15 is 0 Å². The van der Waals surface area contributed by atoms with Crippen LogP contribution in [0.15, 0.2) is 27.4 Å². The average Bonchev–Trinajstić information content (AvgIpc) is 3.34. The lowest BCUT2D eigenvalue weighted by molar-refractivity contribution is -0.0194. The molecule has 4 heterocycles. The minimum Gasteiger partial charge on any atom is -0.378 e. The smallest absolute Gasteiger partial charge is 0.246 e. The molecule has 1 atom stereocenters. The van der Waals surface area contributed by atoms with E-state index in [1.807, 2.05) is 24.4 Å². The van der Waals surface area contributed by atoms with Crippen molar-refractivity contribution in [1.29, 1.82) is 0 Å². The number of thiophene rings is 1. The van der Waals surface area contributed by atoms with Crippen LogP contribution in [0.5, 0.6) is 0 Å². The fourth-order valence-electron chi connectivity index (χ4n) is 2.79. The van der Waals surface area contributed by atoms with E-state index < -0.39 is 0 Å². The zero-order valence-corrected chi connectivity index (χ0v) is 15.0. The van der Waals surface area contributed by atoms with E-state index in [1.165, 1.54) is 0 Å². The van der Waals surface area contributed by atoms with E-state index in [4.69, 9.17) is 9.26 Å². The van der Waals surface area contributed by atoms with Gasteiger partial charge in [-0.15, -0.1) is 22.7 Å². The summed E-state index contributed by atoms with van der Waals surface area (Å²) in [5.74, 6) is 1.29. The number of morpholine rings is 1. The number of rotatable bonds is 5. The molecule has 8 heteroatoms. The van der Waals surface area contributed by atoms with Gasteiger partial charge in [0, 0.05) is 24.9 Å². The fourth-order valence-corrected chi connectivity index (χ4v) is 4.09. The molecule has 0 aliphatic carbocycles. The van der Waals surface area contributed by atoms with Gasteiger partial charge in [0.25, 0.3) is 0 Å². The first-order valence-corrected chi connectivity index (χ1v) is 9.66. The summed E-state index contributed by atoms with van der Waals surface area (Å²) in [6, 6.07) is 4.00. The normalized spacial score (nSPS) is 19.0. The number of aryl methyl sites for hydroxylation is 1. The molecule has 0 radical (unpaired) electrons. The molecule has 3 aromatic heterocycles. The van der Waals surface area contributed by atoms with Crippen molar-refractivity contribution in [2.24, 2.45) is 0 Å². The van der Waals surface area contributed by atoms with Gasteiger partial charge in [0.15, 0.2) is 0 Å². The molecular weight excluding hydrogens is 344 g/mol. The minimum absolute atomic E-state index is 0.0136. The Balaban J connectivity index is 1.47. The Labute approximate surface area is 148 Å². The van der Waals surface area contributed by atoms with Crippen molar-refractivity contribution < 1.29 is 9.26 Å². The maximum atomic E-state index is 5.64. The van der Waals surface area contributed by atoms with Gasteiger partial charge in [-0.2, -0.15) is 4.98 Å². The predicted octanol–water partition coefficient (Wildman–Crippen LogP) is 3.18. The van der Waals surface area contributed by atoms with Crippen molar-refractivity contribution in [3.8, 4) is 10.7 Å². The molecule has 0 bridgehead atoms. The number of thiazole rings is 1. The summed E-state index contributed by atoms with van der Waals surface area (Å²) in [6.45, 7) is 5.13. The first-order chi connectivity index (χ1) is 11.8. The molecule has 1 aliphatic rings. The summed E-state index contributed by atoms with van der Waals surface area (Å²) < 4.78 is 11.2. The van der Waals surface area contributed by atoms with Crippen LogP contribution in [0, 0.1) is 6.92 Å². The van der Waals surface area contributed by atoms with E-state index in [2.05, 4.69) is 25.4 Å². The lowest BCUT2D eigenvalue weighted by Gasteiger charge is -2.32. The highest BCUT2D eigenvalue weighted by Gasteiger charge is 2.29. The van der Waals surface area contributed by atoms with Crippen LogP contribution >= 0.6 is 22.7 Å². The Kier molecular flexibility index (Phi) is 4.70. The molecule has 126 valence electrons. The molecule has 0 N–H and O–H groups in total. The fraction of sp³-hybridized carbons (Fsp3) is 0.438. The zero-order chi connectivity index (χ0) is 16.4. The van der Waals surface area contributed by atoms with E-state index in [-0.39, 0.29) is 6.04 Å². The summed E-state index contributed by atoms with van der Waals surface area (Å²) in [5.41, 5.74) is 1.15. The third kappa shape index (κ3) is 3.41. The van der Waals surface area contributed by atoms with Crippen LogP contribution in [-0.2, 0) is 11.2 Å². The van der Waals surface area contributed by atoms with Gasteiger partial charge in [-0.05, 0) is 18.4 Å². The van der Waals surface area contributed by atoms with Crippen molar-refractivity contribution in [2.75, 3.05) is 26.3 Å². The number of aromatic nitrogens is 3. The summed E-state index contributed by atoms with van der Waals surface area (Å²) in [7, 11) is 0. The molecule has 0 spiro atoms. The predicted molar refractivity (Wildman–Crippen MR) is 93.3 cm³/mol. The number of nitrogens with zero attached hydrogens (tertiary/aromatic N) is 4. The Morgan fingerprint density at radius 2 is 2.29 bits per heavy atom. The van der Waals surface area contributed by atoms with Crippen LogP contribution < -0.4 is 0 Å². The van der Waals surface area contributed by atoms with Gasteiger partial charge in [-0.3, -0.25) is 4.90 Å². The van der Waals surface area contributed by atoms with Gasteiger partial charge in [-0.1, -0.05) is 11.2 Å². The standard InChI is InChI=1S/C16H18N4O2S2/c1-11-17-12(10-24-11)4-5-20-6-7-21-9-13(20)16-18-15(19-22-16)14-3-2-8-23-14/h2-3,8,10,13H,4-7,9H2,1H3. The van der Waals surface area contributed by atoms with Gasteiger partial charge in [0.05, 0.1) is 28.8 Å². The van der Waals surface area contributed by atoms with E-state index in [1.54, 1.807) is 22.7 Å². The third-order valence-corrected chi connectivity index (χ3v) is 5.72. The molecule has 4 rings (SSSR count). The first-order valence-electron chi connectivity index (χ1n) is 7.90.